The molecule has 1 fully saturated rings. The number of primary amides is 1. The van der Waals surface area contributed by atoms with Crippen molar-refractivity contribution in [1.29, 1.82) is 0 Å². The van der Waals surface area contributed by atoms with Crippen LogP contribution in [0.1, 0.15) is 39.0 Å². The van der Waals surface area contributed by atoms with Gasteiger partial charge >= 0.3 is 12.0 Å². The zero-order chi connectivity index (χ0) is 14.4. The van der Waals surface area contributed by atoms with Crippen molar-refractivity contribution >= 4 is 17.9 Å². The van der Waals surface area contributed by atoms with E-state index in [-0.39, 0.29) is 6.04 Å². The molecule has 1 aliphatic rings. The molecule has 1 aliphatic carbocycles. The zero-order valence-corrected chi connectivity index (χ0v) is 11.0. The summed E-state index contributed by atoms with van der Waals surface area (Å²) in [7, 11) is 0. The van der Waals surface area contributed by atoms with E-state index in [1.165, 1.54) is 0 Å². The maximum absolute atomic E-state index is 11.7. The average Bonchev–Trinajstić information content (AvgIpc) is 2.30. The number of hydrogen-bond donors (Lipinski definition) is 4. The number of nitrogens with one attached hydrogen (secondary N) is 2. The van der Waals surface area contributed by atoms with Gasteiger partial charge in [-0.3, -0.25) is 4.79 Å². The van der Waals surface area contributed by atoms with Crippen LogP contribution in [-0.4, -0.2) is 35.1 Å². The molecule has 3 amide bonds. The fraction of sp³-hybridized carbons (Fsp3) is 0.750. The molecule has 7 nitrogen and oxygen atoms in total. The third-order valence-corrected chi connectivity index (χ3v) is 3.36. The van der Waals surface area contributed by atoms with Gasteiger partial charge in [-0.25, -0.2) is 9.59 Å². The first-order valence-corrected chi connectivity index (χ1v) is 6.46. The number of aliphatic carboxylic acids is 1. The molecule has 0 aliphatic heterocycles. The molecule has 0 bridgehead atoms. The number of amides is 3. The molecule has 0 aromatic carbocycles. The van der Waals surface area contributed by atoms with Crippen LogP contribution < -0.4 is 16.4 Å². The summed E-state index contributed by atoms with van der Waals surface area (Å²) >= 11 is 0. The lowest BCUT2D eigenvalue weighted by atomic mass is 9.87. The Labute approximate surface area is 111 Å². The second-order valence-corrected chi connectivity index (χ2v) is 5.14. The molecule has 19 heavy (non-hydrogen) atoms. The molecule has 1 rings (SSSR count). The molecule has 0 unspecified atom stereocenters. The van der Waals surface area contributed by atoms with Crippen molar-refractivity contribution in [2.24, 2.45) is 11.7 Å². The van der Waals surface area contributed by atoms with Gasteiger partial charge in [0, 0.05) is 6.04 Å². The minimum atomic E-state index is -1.28. The number of carboxylic acids is 1. The molecule has 0 aromatic heterocycles. The summed E-state index contributed by atoms with van der Waals surface area (Å²) in [5.74, 6) is -1.37. The highest BCUT2D eigenvalue weighted by Gasteiger charge is 2.24. The third-order valence-electron chi connectivity index (χ3n) is 3.36. The van der Waals surface area contributed by atoms with Gasteiger partial charge < -0.3 is 21.5 Å². The normalized spacial score (nSPS) is 24.3. The Balaban J connectivity index is 2.40. The van der Waals surface area contributed by atoms with Gasteiger partial charge in [-0.1, -0.05) is 6.92 Å². The Morgan fingerprint density at radius 3 is 2.32 bits per heavy atom. The second-order valence-electron chi connectivity index (χ2n) is 5.14. The van der Waals surface area contributed by atoms with E-state index in [9.17, 15) is 14.4 Å². The first kappa shape index (κ1) is 15.3. The number of rotatable bonds is 5. The van der Waals surface area contributed by atoms with E-state index in [0.29, 0.717) is 5.92 Å². The van der Waals surface area contributed by atoms with Crippen LogP contribution in [0.4, 0.5) is 4.79 Å². The lowest BCUT2D eigenvalue weighted by Crippen LogP contribution is -2.50. The molecule has 108 valence electrons. The number of carbonyl (C=O) groups is 3. The molecule has 0 heterocycles. The summed E-state index contributed by atoms with van der Waals surface area (Å²) in [6, 6.07) is -1.77. The van der Waals surface area contributed by atoms with Crippen molar-refractivity contribution < 1.29 is 19.5 Å². The van der Waals surface area contributed by atoms with Crippen molar-refractivity contribution in [3.63, 3.8) is 0 Å². The summed E-state index contributed by atoms with van der Waals surface area (Å²) in [6.07, 6.45) is 3.47. The van der Waals surface area contributed by atoms with Gasteiger partial charge in [-0.2, -0.15) is 0 Å². The van der Waals surface area contributed by atoms with Crippen molar-refractivity contribution in [3.8, 4) is 0 Å². The summed E-state index contributed by atoms with van der Waals surface area (Å²) in [5, 5.41) is 13.8. The van der Waals surface area contributed by atoms with Gasteiger partial charge in [-0.15, -0.1) is 0 Å². The Kier molecular flexibility index (Phi) is 5.59. The Morgan fingerprint density at radius 2 is 1.84 bits per heavy atom. The van der Waals surface area contributed by atoms with Crippen LogP contribution in [0.25, 0.3) is 0 Å². The highest BCUT2D eigenvalue weighted by molar-refractivity contribution is 5.87. The van der Waals surface area contributed by atoms with Crippen LogP contribution in [0, 0.1) is 5.92 Å². The quantitative estimate of drug-likeness (QED) is 0.570. The van der Waals surface area contributed by atoms with Crippen molar-refractivity contribution in [2.75, 3.05) is 0 Å². The molecule has 0 aromatic rings. The van der Waals surface area contributed by atoms with Crippen LogP contribution >= 0.6 is 0 Å². The lowest BCUT2D eigenvalue weighted by Gasteiger charge is -2.27. The number of carboxylic acid groups (broad SMARTS) is 1. The summed E-state index contributed by atoms with van der Waals surface area (Å²) < 4.78 is 0. The summed E-state index contributed by atoms with van der Waals surface area (Å²) in [4.78, 5) is 33.2. The Morgan fingerprint density at radius 1 is 1.26 bits per heavy atom. The van der Waals surface area contributed by atoms with Crippen LogP contribution in [0.2, 0.25) is 0 Å². The Bertz CT molecular complexity index is 351. The number of urea groups is 1. The smallest absolute Gasteiger partial charge is 0.326 e. The fourth-order valence-corrected chi connectivity index (χ4v) is 2.19. The van der Waals surface area contributed by atoms with Crippen LogP contribution in [0.3, 0.4) is 0 Å². The minimum Gasteiger partial charge on any atom is -0.480 e. The van der Waals surface area contributed by atoms with Crippen LogP contribution in [0.15, 0.2) is 0 Å². The van der Waals surface area contributed by atoms with Crippen LogP contribution in [0.5, 0.6) is 0 Å². The topological polar surface area (TPSA) is 122 Å². The number of carbonyl (C=O) groups excluding carboxylic acids is 2. The van der Waals surface area contributed by atoms with Gasteiger partial charge in [-0.05, 0) is 31.6 Å². The fourth-order valence-electron chi connectivity index (χ4n) is 2.19. The van der Waals surface area contributed by atoms with Crippen LogP contribution in [-0.2, 0) is 9.59 Å². The molecule has 1 saturated carbocycles. The van der Waals surface area contributed by atoms with E-state index in [1.807, 2.05) is 0 Å². The highest BCUT2D eigenvalue weighted by atomic mass is 16.4. The first-order chi connectivity index (χ1) is 8.88. The van der Waals surface area contributed by atoms with E-state index in [4.69, 9.17) is 10.8 Å². The minimum absolute atomic E-state index is 0.0687. The first-order valence-electron chi connectivity index (χ1n) is 6.46. The molecule has 5 N–H and O–H groups in total. The zero-order valence-electron chi connectivity index (χ0n) is 11.0. The van der Waals surface area contributed by atoms with Gasteiger partial charge in [0.1, 0.15) is 6.04 Å². The second kappa shape index (κ2) is 6.96. The van der Waals surface area contributed by atoms with E-state index >= 15 is 0 Å². The predicted molar refractivity (Wildman–Crippen MR) is 68.3 cm³/mol. The standard InChI is InChI=1S/C12H21N3O4/c1-7-2-4-8(5-3-7)14-12(19)15-9(11(17)18)6-10(13)16/h7-9H,2-6H2,1H3,(H2,13,16)(H,17,18)(H2,14,15,19)/t7?,8?,9-/m0/s1. The third kappa shape index (κ3) is 5.58. The van der Waals surface area contributed by atoms with Gasteiger partial charge in [0.2, 0.25) is 5.91 Å². The average molecular weight is 271 g/mol. The summed E-state index contributed by atoms with van der Waals surface area (Å²) in [6.45, 7) is 2.17. The van der Waals surface area contributed by atoms with E-state index in [1.54, 1.807) is 0 Å². The monoisotopic (exact) mass is 271 g/mol. The van der Waals surface area contributed by atoms with Gasteiger partial charge in [0.25, 0.3) is 0 Å². The molecular formula is C12H21N3O4. The van der Waals surface area contributed by atoms with E-state index in [0.717, 1.165) is 25.7 Å². The van der Waals surface area contributed by atoms with Gasteiger partial charge in [0.05, 0.1) is 6.42 Å². The maximum Gasteiger partial charge on any atom is 0.326 e. The van der Waals surface area contributed by atoms with Crippen molar-refractivity contribution in [1.82, 2.24) is 10.6 Å². The van der Waals surface area contributed by atoms with Crippen molar-refractivity contribution in [3.05, 3.63) is 0 Å². The molecule has 0 spiro atoms. The predicted octanol–water partition coefficient (Wildman–Crippen LogP) is 0.193. The van der Waals surface area contributed by atoms with Gasteiger partial charge in [0.15, 0.2) is 0 Å². The number of hydrogen-bond acceptors (Lipinski definition) is 3. The molecule has 1 atom stereocenters. The maximum atomic E-state index is 11.7. The summed E-state index contributed by atoms with van der Waals surface area (Å²) in [5.41, 5.74) is 4.93. The Hall–Kier alpha value is -1.79. The molecule has 0 radical (unpaired) electrons. The van der Waals surface area contributed by atoms with E-state index < -0.39 is 30.4 Å². The van der Waals surface area contributed by atoms with E-state index in [2.05, 4.69) is 17.6 Å². The largest absolute Gasteiger partial charge is 0.480 e. The highest BCUT2D eigenvalue weighted by Crippen LogP contribution is 2.23. The molecular weight excluding hydrogens is 250 g/mol. The lowest BCUT2D eigenvalue weighted by molar-refractivity contribution is -0.140. The number of nitrogens with two attached hydrogens (primary N) is 1. The molecule has 0 saturated heterocycles. The SMILES string of the molecule is CC1CCC(NC(=O)N[C@@H](CC(N)=O)C(=O)O)CC1. The molecule has 7 heteroatoms. The van der Waals surface area contributed by atoms with Crippen molar-refractivity contribution in [2.45, 2.75) is 51.1 Å².